The van der Waals surface area contributed by atoms with E-state index in [0.29, 0.717) is 12.8 Å². The molecule has 13 fully saturated rings. The maximum absolute atomic E-state index is 14.4. The quantitative estimate of drug-likeness (QED) is 0.0776. The number of hydrogen-bond acceptors (Lipinski definition) is 17. The number of aliphatic hydroxyl groups excluding tert-OH is 1. The van der Waals surface area contributed by atoms with Gasteiger partial charge in [0.2, 0.25) is 0 Å². The van der Waals surface area contributed by atoms with Gasteiger partial charge in [-0.05, 0) is 130 Å². The molecule has 8 bridgehead atoms. The summed E-state index contributed by atoms with van der Waals surface area (Å²) in [6.45, 7) is 7.10. The van der Waals surface area contributed by atoms with Crippen LogP contribution in [0.1, 0.15) is 227 Å². The zero-order valence-corrected chi connectivity index (χ0v) is 53.8. The van der Waals surface area contributed by atoms with Gasteiger partial charge in [-0.1, -0.05) is 96.8 Å². The minimum atomic E-state index is -4.25. The first kappa shape index (κ1) is 55.7. The number of esters is 2. The lowest BCUT2D eigenvalue weighted by molar-refractivity contribution is -0.163. The summed E-state index contributed by atoms with van der Waals surface area (Å²) in [6.07, 6.45) is 28.3. The van der Waals surface area contributed by atoms with Crippen LogP contribution in [0, 0.1) is 10.8 Å². The molecule has 13 rings (SSSR count). The van der Waals surface area contributed by atoms with Gasteiger partial charge in [0.05, 0.1) is 24.0 Å². The Balaban J connectivity index is 1.03. The molecule has 0 radical (unpaired) electrons. The third-order valence-electron chi connectivity index (χ3n) is 20.3. The van der Waals surface area contributed by atoms with Crippen LogP contribution in [0.2, 0.25) is 44.8 Å². The summed E-state index contributed by atoms with van der Waals surface area (Å²) in [5, 5.41) is 9.37. The first-order valence-electron chi connectivity index (χ1n) is 30.5. The first-order valence-corrected chi connectivity index (χ1v) is 45.0. The number of hydrogen-bond donors (Lipinski definition) is 1. The fourth-order valence-corrected chi connectivity index (χ4v) is 72.2. The molecule has 75 heavy (non-hydrogen) atoms. The van der Waals surface area contributed by atoms with Gasteiger partial charge < -0.3 is 64.0 Å². The molecule has 7 saturated carbocycles. The zero-order chi connectivity index (χ0) is 51.8. The molecule has 424 valence electrons. The number of ether oxygens (including phenoxy) is 2. The molecule has 25 heteroatoms. The van der Waals surface area contributed by atoms with Crippen molar-refractivity contribution in [1.29, 1.82) is 0 Å². The Hall–Kier alpha value is 0.155. The fraction of sp³-hybridized carbons (Fsp3) is 0.960. The second-order valence-electron chi connectivity index (χ2n) is 26.1. The van der Waals surface area contributed by atoms with Crippen LogP contribution >= 0.6 is 0 Å². The number of carbonyl (C=O) groups excluding carboxylic acids is 2. The first-order chi connectivity index (χ1) is 36.1. The average Bonchev–Trinajstić information content (AvgIpc) is 4.28. The van der Waals surface area contributed by atoms with Crippen LogP contribution in [0.3, 0.4) is 0 Å². The zero-order valence-electron chi connectivity index (χ0n) is 45.8. The second-order valence-corrected chi connectivity index (χ2v) is 51.9. The summed E-state index contributed by atoms with van der Waals surface area (Å²) in [5.41, 5.74) is -2.26. The highest BCUT2D eigenvalue weighted by Gasteiger charge is 2.88. The molecule has 6 aliphatic heterocycles. The van der Waals surface area contributed by atoms with E-state index in [4.69, 9.17) is 58.9 Å². The molecule has 7 aliphatic carbocycles. The van der Waals surface area contributed by atoms with E-state index < -0.39 is 87.2 Å². The lowest BCUT2D eigenvalue weighted by atomic mass is 9.72. The van der Waals surface area contributed by atoms with Gasteiger partial charge in [0.15, 0.2) is 0 Å². The van der Waals surface area contributed by atoms with Crippen LogP contribution in [-0.4, -0.2) is 107 Å². The van der Waals surface area contributed by atoms with Crippen LogP contribution in [-0.2, 0) is 68.4 Å². The molecule has 13 aliphatic rings. The molecule has 6 saturated heterocycles. The van der Waals surface area contributed by atoms with Gasteiger partial charge in [0.25, 0.3) is 0 Å². The minimum Gasteiger partial charge on any atom is -0.465 e. The standard InChI is InChI=1S/C50H90O17Si8/c1-5-50(4,39-49(2,3)47(52)55-37-35-51)48(53)54-36-20-38-68-56-69(40-21-6-7-22-40)59-72(43-27-12-13-28-43)61-70(57-68,41-23-8-9-24-41)63-74(45-31-16-17-32-45)64-71(58-68,42-25-10-11-26-42)62-73(60-69,44-29-14-15-30-44)66-75(65-72,67-74)46-33-18-19-34-46/h40-46,51H,5-39H2,1-4H3. The molecular weight excluding hydrogens is 1100 g/mol. The Morgan fingerprint density at radius 1 is 0.413 bits per heavy atom. The monoisotopic (exact) mass is 1190 g/mol. The predicted octanol–water partition coefficient (Wildman–Crippen LogP) is 11.7. The van der Waals surface area contributed by atoms with E-state index in [2.05, 4.69) is 0 Å². The summed E-state index contributed by atoms with van der Waals surface area (Å²) in [7, 11) is -32.7. The smallest absolute Gasteiger partial charge is 0.465 e. The summed E-state index contributed by atoms with van der Waals surface area (Å²) in [5.74, 6) is -0.839. The second kappa shape index (κ2) is 21.4. The van der Waals surface area contributed by atoms with Crippen LogP contribution in [0.25, 0.3) is 0 Å². The van der Waals surface area contributed by atoms with Crippen molar-refractivity contribution in [1.82, 2.24) is 0 Å². The van der Waals surface area contributed by atoms with Crippen molar-refractivity contribution in [2.75, 3.05) is 19.8 Å². The normalized spacial score (nSPS) is 42.3. The Kier molecular flexibility index (Phi) is 15.9. The Bertz CT molecular complexity index is 1880. The van der Waals surface area contributed by atoms with E-state index >= 15 is 0 Å². The van der Waals surface area contributed by atoms with Gasteiger partial charge in [0, 0.05) is 44.8 Å². The van der Waals surface area contributed by atoms with Gasteiger partial charge in [-0.15, -0.1) is 0 Å². The van der Waals surface area contributed by atoms with E-state index in [1.807, 2.05) is 13.8 Å². The highest BCUT2D eigenvalue weighted by atomic mass is 28.6. The minimum absolute atomic E-state index is 0.00593. The molecule has 6 heterocycles. The molecule has 1 unspecified atom stereocenters. The van der Waals surface area contributed by atoms with E-state index in [-0.39, 0.29) is 77.0 Å². The van der Waals surface area contributed by atoms with Crippen molar-refractivity contribution in [3.8, 4) is 0 Å². The molecule has 1 atom stereocenters. The van der Waals surface area contributed by atoms with Gasteiger partial charge in [-0.3, -0.25) is 9.59 Å². The number of aliphatic hydroxyl groups is 1. The fourth-order valence-electron chi connectivity index (χ4n) is 16.1. The molecule has 0 amide bonds. The lowest BCUT2D eigenvalue weighted by Crippen LogP contribution is -2.90. The third-order valence-corrected chi connectivity index (χ3v) is 59.9. The van der Waals surface area contributed by atoms with Crippen molar-refractivity contribution in [2.24, 2.45) is 10.8 Å². The topological polar surface area (TPSA) is 184 Å². The van der Waals surface area contributed by atoms with Gasteiger partial charge in [-0.25, -0.2) is 0 Å². The Labute approximate surface area is 455 Å². The van der Waals surface area contributed by atoms with Crippen LogP contribution in [0.4, 0.5) is 0 Å². The Morgan fingerprint density at radius 2 is 0.667 bits per heavy atom. The third kappa shape index (κ3) is 10.0. The summed E-state index contributed by atoms with van der Waals surface area (Å²) in [6, 6.07) is 0.288. The van der Waals surface area contributed by atoms with E-state index in [1.165, 1.54) is 0 Å². The summed E-state index contributed by atoms with van der Waals surface area (Å²) >= 11 is 0. The molecular formula is C50H90O17Si8. The highest BCUT2D eigenvalue weighted by molar-refractivity contribution is 7.04. The van der Waals surface area contributed by atoms with Gasteiger partial charge >= 0.3 is 82.4 Å². The van der Waals surface area contributed by atoms with E-state index in [1.54, 1.807) is 13.8 Å². The van der Waals surface area contributed by atoms with Gasteiger partial charge in [-0.2, -0.15) is 0 Å². The van der Waals surface area contributed by atoms with Crippen LogP contribution < -0.4 is 0 Å². The molecule has 1 N–H and O–H groups in total. The van der Waals surface area contributed by atoms with E-state index in [9.17, 15) is 14.7 Å². The van der Waals surface area contributed by atoms with Crippen molar-refractivity contribution in [3.05, 3.63) is 0 Å². The average molecular weight is 1190 g/mol. The van der Waals surface area contributed by atoms with Crippen molar-refractivity contribution >= 4 is 82.4 Å². The van der Waals surface area contributed by atoms with Crippen molar-refractivity contribution in [3.63, 3.8) is 0 Å². The molecule has 0 aromatic rings. The summed E-state index contributed by atoms with van der Waals surface area (Å²) < 4.78 is 113. The van der Waals surface area contributed by atoms with Gasteiger partial charge in [0.1, 0.15) is 6.61 Å². The maximum Gasteiger partial charge on any atom is 0.482 e. The predicted molar refractivity (Wildman–Crippen MR) is 290 cm³/mol. The molecule has 0 aromatic carbocycles. The highest BCUT2D eigenvalue weighted by Crippen LogP contribution is 2.66. The molecule has 0 spiro atoms. The summed E-state index contributed by atoms with van der Waals surface area (Å²) in [4.78, 5) is 27.6. The van der Waals surface area contributed by atoms with Crippen molar-refractivity contribution in [2.45, 2.75) is 272 Å². The SMILES string of the molecule is CCC(C)(CC(C)(C)C(=O)OCCO)C(=O)OCCC[Si]12O[Si]3(C4CCCC4)O[Si]4(C5CCCC5)O[Si](C5CCCC5)(O1)O[Si]1(C5CCCC5)O[Si](C5CCCC5)(O2)O[Si](C2CCCC2)(O3)O[Si](C2CCCC2)(O4)O1. The number of rotatable bonds is 18. The molecule has 0 aromatic heterocycles. The largest absolute Gasteiger partial charge is 0.482 e. The number of carbonyl (C=O) groups is 2. The van der Waals surface area contributed by atoms with Crippen LogP contribution in [0.15, 0.2) is 0 Å². The van der Waals surface area contributed by atoms with Crippen molar-refractivity contribution < 1.29 is 73.6 Å². The van der Waals surface area contributed by atoms with Crippen LogP contribution in [0.5, 0.6) is 0 Å². The maximum atomic E-state index is 14.4. The Morgan fingerprint density at radius 3 is 0.920 bits per heavy atom. The molecule has 17 nitrogen and oxygen atoms in total. The van der Waals surface area contributed by atoms with E-state index in [0.717, 1.165) is 180 Å². The lowest BCUT2D eigenvalue weighted by Gasteiger charge is -2.66.